The topological polar surface area (TPSA) is 42.4 Å². The van der Waals surface area contributed by atoms with Crippen molar-refractivity contribution in [1.82, 2.24) is 9.88 Å². The number of carbonyl (C=O) groups is 1. The van der Waals surface area contributed by atoms with E-state index in [-0.39, 0.29) is 5.78 Å². The molecule has 1 aliphatic rings. The number of ether oxygens (including phenoxy) is 1. The highest BCUT2D eigenvalue weighted by Crippen LogP contribution is 2.21. The minimum atomic E-state index is 0.0931. The second-order valence-corrected chi connectivity index (χ2v) is 6.46. The Bertz CT molecular complexity index is 437. The van der Waals surface area contributed by atoms with Crippen LogP contribution in [0.2, 0.25) is 0 Å². The second kappa shape index (κ2) is 7.86. The van der Waals surface area contributed by atoms with E-state index in [1.54, 1.807) is 14.0 Å². The molecule has 0 saturated carbocycles. The van der Waals surface area contributed by atoms with E-state index in [4.69, 9.17) is 4.74 Å². The molecule has 5 heteroatoms. The quantitative estimate of drug-likeness (QED) is 0.757. The van der Waals surface area contributed by atoms with Gasteiger partial charge in [-0.05, 0) is 25.9 Å². The molecule has 0 aromatic carbocycles. The lowest BCUT2D eigenvalue weighted by Crippen LogP contribution is -2.26. The van der Waals surface area contributed by atoms with Crippen molar-refractivity contribution in [2.75, 3.05) is 26.7 Å². The summed E-state index contributed by atoms with van der Waals surface area (Å²) in [6, 6.07) is 0. The molecule has 20 heavy (non-hydrogen) atoms. The molecule has 0 spiro atoms. The predicted molar refractivity (Wildman–Crippen MR) is 81.4 cm³/mol. The molecule has 1 fully saturated rings. The minimum Gasteiger partial charge on any atom is -0.378 e. The molecule has 1 aliphatic heterocycles. The number of ketones is 1. The van der Waals surface area contributed by atoms with Gasteiger partial charge in [-0.1, -0.05) is 12.8 Å². The number of likely N-dealkylation sites (tertiary alicyclic amines) is 1. The van der Waals surface area contributed by atoms with Crippen LogP contribution in [0.5, 0.6) is 0 Å². The number of methoxy groups -OCH3 is 1. The fourth-order valence-corrected chi connectivity index (χ4v) is 3.58. The molecule has 0 N–H and O–H groups in total. The van der Waals surface area contributed by atoms with Crippen LogP contribution in [-0.4, -0.2) is 42.4 Å². The molecule has 2 rings (SSSR count). The van der Waals surface area contributed by atoms with Gasteiger partial charge in [-0.15, -0.1) is 11.3 Å². The molecule has 0 atom stereocenters. The first kappa shape index (κ1) is 15.6. The maximum Gasteiger partial charge on any atom is 0.171 e. The summed E-state index contributed by atoms with van der Waals surface area (Å²) < 4.78 is 5.12. The van der Waals surface area contributed by atoms with Gasteiger partial charge in [0.05, 0.1) is 22.2 Å². The molecule has 0 amide bonds. The van der Waals surface area contributed by atoms with Gasteiger partial charge >= 0.3 is 0 Å². The summed E-state index contributed by atoms with van der Waals surface area (Å²) in [5.41, 5.74) is 0.802. The SMILES string of the molecule is COCc1nc(CCN2CCCCCC2)sc1C(C)=O. The third-order valence-corrected chi connectivity index (χ3v) is 4.94. The van der Waals surface area contributed by atoms with Crippen LogP contribution in [0.1, 0.15) is 53.0 Å². The van der Waals surface area contributed by atoms with Crippen molar-refractivity contribution >= 4 is 17.1 Å². The maximum atomic E-state index is 11.6. The highest BCUT2D eigenvalue weighted by molar-refractivity contribution is 7.13. The third-order valence-electron chi connectivity index (χ3n) is 3.68. The number of hydrogen-bond donors (Lipinski definition) is 0. The van der Waals surface area contributed by atoms with Crippen LogP contribution in [0.4, 0.5) is 0 Å². The van der Waals surface area contributed by atoms with E-state index < -0.39 is 0 Å². The minimum absolute atomic E-state index is 0.0931. The molecule has 0 aliphatic carbocycles. The molecule has 112 valence electrons. The fourth-order valence-electron chi connectivity index (χ4n) is 2.63. The lowest BCUT2D eigenvalue weighted by atomic mass is 10.2. The molecule has 0 unspecified atom stereocenters. The van der Waals surface area contributed by atoms with Gasteiger partial charge in [0.2, 0.25) is 0 Å². The molecule has 1 aromatic heterocycles. The van der Waals surface area contributed by atoms with Crippen molar-refractivity contribution in [3.05, 3.63) is 15.6 Å². The largest absolute Gasteiger partial charge is 0.378 e. The van der Waals surface area contributed by atoms with Crippen molar-refractivity contribution in [3.63, 3.8) is 0 Å². The van der Waals surface area contributed by atoms with Gasteiger partial charge < -0.3 is 9.64 Å². The van der Waals surface area contributed by atoms with Crippen molar-refractivity contribution in [3.8, 4) is 0 Å². The summed E-state index contributed by atoms with van der Waals surface area (Å²) in [5, 5.41) is 1.06. The Hall–Kier alpha value is -0.780. The Labute approximate surface area is 125 Å². The molecular formula is C15H24N2O2S. The van der Waals surface area contributed by atoms with Gasteiger partial charge in [-0.25, -0.2) is 4.98 Å². The number of hydrogen-bond acceptors (Lipinski definition) is 5. The Morgan fingerprint density at radius 1 is 1.30 bits per heavy atom. The normalized spacial score (nSPS) is 17.1. The van der Waals surface area contributed by atoms with E-state index >= 15 is 0 Å². The molecule has 1 aromatic rings. The number of rotatable bonds is 6. The van der Waals surface area contributed by atoms with E-state index in [1.807, 2.05) is 0 Å². The van der Waals surface area contributed by atoms with Crippen LogP contribution in [-0.2, 0) is 17.8 Å². The molecule has 2 heterocycles. The highest BCUT2D eigenvalue weighted by atomic mass is 32.1. The Morgan fingerprint density at radius 3 is 2.60 bits per heavy atom. The summed E-state index contributed by atoms with van der Waals surface area (Å²) in [4.78, 5) is 19.5. The molecule has 0 radical (unpaired) electrons. The van der Waals surface area contributed by atoms with Gasteiger partial charge in [-0.2, -0.15) is 0 Å². The third kappa shape index (κ3) is 4.36. The lowest BCUT2D eigenvalue weighted by Gasteiger charge is -2.18. The highest BCUT2D eigenvalue weighted by Gasteiger charge is 2.16. The maximum absolute atomic E-state index is 11.6. The Kier molecular flexibility index (Phi) is 6.13. The summed E-state index contributed by atoms with van der Waals surface area (Å²) in [6.45, 7) is 5.49. The average molecular weight is 296 g/mol. The van der Waals surface area contributed by atoms with Gasteiger partial charge in [-0.3, -0.25) is 4.79 Å². The number of Topliss-reactive ketones (excluding diaryl/α,β-unsaturated/α-hetero) is 1. The Morgan fingerprint density at radius 2 is 2.00 bits per heavy atom. The smallest absolute Gasteiger partial charge is 0.171 e. The van der Waals surface area contributed by atoms with E-state index in [0.29, 0.717) is 6.61 Å². The molecule has 0 bridgehead atoms. The second-order valence-electron chi connectivity index (χ2n) is 5.38. The van der Waals surface area contributed by atoms with Gasteiger partial charge in [0, 0.05) is 27.0 Å². The van der Waals surface area contributed by atoms with Crippen LogP contribution in [0, 0.1) is 0 Å². The molecular weight excluding hydrogens is 272 g/mol. The van der Waals surface area contributed by atoms with Crippen LogP contribution in [0.25, 0.3) is 0 Å². The van der Waals surface area contributed by atoms with Crippen molar-refractivity contribution in [2.24, 2.45) is 0 Å². The number of thiazole rings is 1. The molecule has 1 saturated heterocycles. The standard InChI is InChI=1S/C15H24N2O2S/c1-12(18)15-13(11-19-2)16-14(20-15)7-10-17-8-5-3-4-6-9-17/h3-11H2,1-2H3. The number of carbonyl (C=O) groups excluding carboxylic acids is 1. The van der Waals surface area contributed by atoms with Crippen molar-refractivity contribution < 1.29 is 9.53 Å². The summed E-state index contributed by atoms with van der Waals surface area (Å²) in [7, 11) is 1.64. The summed E-state index contributed by atoms with van der Waals surface area (Å²) in [5.74, 6) is 0.0931. The first-order valence-corrected chi connectivity index (χ1v) is 8.23. The van der Waals surface area contributed by atoms with E-state index in [1.165, 1.54) is 50.1 Å². The molecule has 4 nitrogen and oxygen atoms in total. The van der Waals surface area contributed by atoms with Crippen molar-refractivity contribution in [2.45, 2.75) is 45.6 Å². The van der Waals surface area contributed by atoms with Gasteiger partial charge in [0.15, 0.2) is 5.78 Å². The lowest BCUT2D eigenvalue weighted by molar-refractivity contribution is 0.101. The first-order chi connectivity index (χ1) is 9.70. The number of nitrogens with zero attached hydrogens (tertiary/aromatic N) is 2. The zero-order chi connectivity index (χ0) is 14.4. The van der Waals surface area contributed by atoms with Gasteiger partial charge in [0.25, 0.3) is 0 Å². The number of aromatic nitrogens is 1. The van der Waals surface area contributed by atoms with Crippen molar-refractivity contribution in [1.29, 1.82) is 0 Å². The predicted octanol–water partition coefficient (Wildman–Crippen LogP) is 2.91. The van der Waals surface area contributed by atoms with E-state index in [9.17, 15) is 4.79 Å². The zero-order valence-electron chi connectivity index (χ0n) is 12.5. The monoisotopic (exact) mass is 296 g/mol. The Balaban J connectivity index is 1.94. The first-order valence-electron chi connectivity index (χ1n) is 7.41. The van der Waals surface area contributed by atoms with Gasteiger partial charge in [0.1, 0.15) is 0 Å². The van der Waals surface area contributed by atoms with E-state index in [0.717, 1.165) is 28.5 Å². The summed E-state index contributed by atoms with van der Waals surface area (Å²) >= 11 is 1.53. The van der Waals surface area contributed by atoms with Crippen LogP contribution >= 0.6 is 11.3 Å². The van der Waals surface area contributed by atoms with Crippen LogP contribution < -0.4 is 0 Å². The van der Waals surface area contributed by atoms with Crippen LogP contribution in [0.3, 0.4) is 0 Å². The van der Waals surface area contributed by atoms with E-state index in [2.05, 4.69) is 9.88 Å². The average Bonchev–Trinajstić information content (AvgIpc) is 2.66. The summed E-state index contributed by atoms with van der Waals surface area (Å²) in [6.07, 6.45) is 6.28. The fraction of sp³-hybridized carbons (Fsp3) is 0.733. The zero-order valence-corrected chi connectivity index (χ0v) is 13.3. The van der Waals surface area contributed by atoms with Crippen LogP contribution in [0.15, 0.2) is 0 Å².